The number of unbranched alkanes of at least 4 members (excludes halogenated alkanes) is 4. The average molecular weight is 1140 g/mol. The maximum absolute atomic E-state index is 11.9. The molecule has 0 aliphatic heterocycles. The zero-order valence-corrected chi connectivity index (χ0v) is 54.5. The van der Waals surface area contributed by atoms with Gasteiger partial charge in [0.1, 0.15) is 24.5 Å². The van der Waals surface area contributed by atoms with Gasteiger partial charge in [-0.3, -0.25) is 29.0 Å². The van der Waals surface area contributed by atoms with Gasteiger partial charge in [-0.05, 0) is 126 Å². The molecule has 9 N–H and O–H groups in total. The molecule has 0 aromatic carbocycles. The summed E-state index contributed by atoms with van der Waals surface area (Å²) < 4.78 is 9.52. The van der Waals surface area contributed by atoms with Gasteiger partial charge in [-0.25, -0.2) is 9.59 Å². The van der Waals surface area contributed by atoms with Gasteiger partial charge in [-0.2, -0.15) is 0 Å². The van der Waals surface area contributed by atoms with E-state index < -0.39 is 30.1 Å². The summed E-state index contributed by atoms with van der Waals surface area (Å²) in [4.78, 5) is 70.8. The van der Waals surface area contributed by atoms with Gasteiger partial charge in [-0.15, -0.1) is 0 Å². The summed E-state index contributed by atoms with van der Waals surface area (Å²) >= 11 is 0. The van der Waals surface area contributed by atoms with Crippen LogP contribution in [0, 0.1) is 27.1 Å². The highest BCUT2D eigenvalue weighted by Crippen LogP contribution is 2.26. The van der Waals surface area contributed by atoms with Crippen LogP contribution in [-0.2, 0) is 33.4 Å². The number of aliphatic hydroxyl groups excluding tert-OH is 2. The summed E-state index contributed by atoms with van der Waals surface area (Å²) in [5.41, 5.74) is 6.66. The molecule has 472 valence electrons. The van der Waals surface area contributed by atoms with Crippen LogP contribution in [0.5, 0.6) is 0 Å². The number of ether oxygens (including phenoxy) is 2. The number of amides is 3. The van der Waals surface area contributed by atoms with E-state index in [1.54, 1.807) is 6.92 Å². The first-order chi connectivity index (χ1) is 36.1. The number of ketones is 1. The molecule has 0 radical (unpaired) electrons. The number of carbonyl (C=O) groups is 6. The number of aliphatic carboxylic acids is 2. The number of nitrogens with zero attached hydrogens (tertiary/aromatic N) is 2. The van der Waals surface area contributed by atoms with Gasteiger partial charge < -0.3 is 51.6 Å². The topological polar surface area (TPSA) is 270 Å². The fourth-order valence-corrected chi connectivity index (χ4v) is 7.74. The van der Waals surface area contributed by atoms with Crippen LogP contribution in [0.15, 0.2) is 0 Å². The average Bonchev–Trinajstić information content (AvgIpc) is 3.27. The van der Waals surface area contributed by atoms with Crippen molar-refractivity contribution < 1.29 is 58.7 Å². The summed E-state index contributed by atoms with van der Waals surface area (Å²) in [5, 5.41) is 43.2. The Morgan fingerprint density at radius 1 is 0.506 bits per heavy atom. The molecule has 0 aromatic rings. The zero-order valence-electron chi connectivity index (χ0n) is 54.5. The minimum absolute atomic E-state index is 0.00405. The minimum atomic E-state index is -1.04. The van der Waals surface area contributed by atoms with Gasteiger partial charge in [0.2, 0.25) is 11.8 Å². The molecule has 0 fully saturated rings. The van der Waals surface area contributed by atoms with Crippen LogP contribution < -0.4 is 21.7 Å². The second-order valence-electron chi connectivity index (χ2n) is 27.4. The van der Waals surface area contributed by atoms with E-state index in [1.807, 2.05) is 38.0 Å². The molecule has 0 aromatic heterocycles. The predicted molar refractivity (Wildman–Crippen MR) is 324 cm³/mol. The lowest BCUT2D eigenvalue weighted by molar-refractivity contribution is -0.140. The number of carbonyl (C=O) groups excluding carboxylic acids is 4. The summed E-state index contributed by atoms with van der Waals surface area (Å²) in [6.07, 6.45) is 17.5. The molecule has 4 unspecified atom stereocenters. The molecule has 0 aliphatic rings. The molecule has 0 rings (SSSR count). The van der Waals surface area contributed by atoms with E-state index in [0.717, 1.165) is 83.5 Å². The maximum atomic E-state index is 11.9. The molecule has 3 amide bonds. The molecule has 0 heterocycles. The highest BCUT2D eigenvalue weighted by Gasteiger charge is 2.23. The van der Waals surface area contributed by atoms with Crippen molar-refractivity contribution in [3.8, 4) is 0 Å². The summed E-state index contributed by atoms with van der Waals surface area (Å²) in [5.74, 6) is -1.75. The maximum Gasteiger partial charge on any atom is 0.407 e. The minimum Gasteiger partial charge on any atom is -0.480 e. The van der Waals surface area contributed by atoms with Crippen molar-refractivity contribution in [2.45, 2.75) is 257 Å². The van der Waals surface area contributed by atoms with E-state index >= 15 is 0 Å². The summed E-state index contributed by atoms with van der Waals surface area (Å²) in [6, 6.07) is -1.39. The molecule has 0 saturated heterocycles. The molecular formula is C61H126N6O12. The van der Waals surface area contributed by atoms with Crippen molar-refractivity contribution in [1.29, 1.82) is 0 Å². The number of nitrogens with one attached hydrogen (secondary N) is 3. The van der Waals surface area contributed by atoms with Crippen LogP contribution in [0.2, 0.25) is 0 Å². The van der Waals surface area contributed by atoms with Gasteiger partial charge in [0, 0.05) is 26.6 Å². The van der Waals surface area contributed by atoms with E-state index in [1.165, 1.54) is 26.4 Å². The van der Waals surface area contributed by atoms with Gasteiger partial charge in [0.05, 0.1) is 31.9 Å². The third kappa shape index (κ3) is 67.0. The molecular weight excluding hydrogens is 1010 g/mol. The molecule has 0 saturated carbocycles. The molecule has 0 bridgehead atoms. The Morgan fingerprint density at radius 2 is 0.861 bits per heavy atom. The normalized spacial score (nSPS) is 13.3. The molecule has 79 heavy (non-hydrogen) atoms. The van der Waals surface area contributed by atoms with Crippen molar-refractivity contribution >= 4 is 35.6 Å². The van der Waals surface area contributed by atoms with Crippen LogP contribution in [0.4, 0.5) is 4.79 Å². The Balaban J connectivity index is -0.000000293. The number of carboxylic acid groups (broad SMARTS) is 2. The van der Waals surface area contributed by atoms with Crippen LogP contribution in [0.25, 0.3) is 0 Å². The standard InChI is InChI=1S/C14H30N2O2.C14H27NO5.C13H27NO.C12H25NO3.C8H17NO/c1-14(2,3)9-7-6-8-12(16(4)5)13(18)15-10-11-17;1-14(2,3)8-6-5-7-11(12(16)17)15-13(18)20-10-9-19-4;1-11(15)12(14(5)6)9-7-8-10-13(2,3)4;1-12(2,3)7-5-4-6-10(11(15)16)13-8-9-14;1-8(2,3)6-4-5-7(9)10/h12,17H,6-11H2,1-5H3,(H,15,18);11H,5-10H2,1-4H3,(H,15,18)(H,16,17);12H,7-10H2,1-6H3;10,13-14H,4-9H2,1-3H3,(H,15,16);4-6H2,1-3H3,(H2,9,10). The number of hydrogen-bond acceptors (Lipinski definition) is 13. The van der Waals surface area contributed by atoms with Crippen molar-refractivity contribution in [1.82, 2.24) is 25.8 Å². The lowest BCUT2D eigenvalue weighted by Gasteiger charge is -2.24. The largest absolute Gasteiger partial charge is 0.480 e. The Kier molecular flexibility index (Phi) is 50.3. The van der Waals surface area contributed by atoms with E-state index in [2.05, 4.69) is 120 Å². The monoisotopic (exact) mass is 1130 g/mol. The summed E-state index contributed by atoms with van der Waals surface area (Å²) in [7, 11) is 9.31. The number of methoxy groups -OCH3 is 1. The van der Waals surface area contributed by atoms with Gasteiger partial charge in [-0.1, -0.05) is 155 Å². The second kappa shape index (κ2) is 47.1. The van der Waals surface area contributed by atoms with E-state index in [4.69, 9.17) is 35.6 Å². The van der Waals surface area contributed by atoms with E-state index in [0.29, 0.717) is 54.0 Å². The third-order valence-corrected chi connectivity index (χ3v) is 12.3. The van der Waals surface area contributed by atoms with Crippen molar-refractivity contribution in [2.24, 2.45) is 32.8 Å². The number of Topliss-reactive ketones (excluding diaryl/α,β-unsaturated/α-hetero) is 1. The highest BCUT2D eigenvalue weighted by atomic mass is 16.6. The van der Waals surface area contributed by atoms with E-state index in [-0.39, 0.29) is 61.5 Å². The number of aliphatic hydroxyl groups is 2. The third-order valence-electron chi connectivity index (χ3n) is 12.3. The number of nitrogens with two attached hydrogens (primary N) is 1. The van der Waals surface area contributed by atoms with Crippen molar-refractivity contribution in [3.05, 3.63) is 0 Å². The number of alkyl carbamates (subject to hydrolysis) is 1. The van der Waals surface area contributed by atoms with E-state index in [9.17, 15) is 28.8 Å². The summed E-state index contributed by atoms with van der Waals surface area (Å²) in [6.45, 7) is 35.7. The molecule has 18 heteroatoms. The molecule has 4 atom stereocenters. The van der Waals surface area contributed by atoms with Gasteiger partial charge in [0.15, 0.2) is 0 Å². The van der Waals surface area contributed by atoms with Crippen molar-refractivity contribution in [3.63, 3.8) is 0 Å². The first-order valence-electron chi connectivity index (χ1n) is 29.3. The lowest BCUT2D eigenvalue weighted by atomic mass is 9.89. The van der Waals surface area contributed by atoms with Crippen LogP contribution in [0.3, 0.4) is 0 Å². The van der Waals surface area contributed by atoms with Crippen LogP contribution in [-0.4, -0.2) is 165 Å². The number of likely N-dealkylation sites (N-methyl/N-ethyl adjacent to an activating group) is 2. The van der Waals surface area contributed by atoms with Crippen molar-refractivity contribution in [2.75, 3.05) is 74.8 Å². The lowest BCUT2D eigenvalue weighted by Crippen LogP contribution is -2.44. The zero-order chi connectivity index (χ0) is 62.6. The fraction of sp³-hybridized carbons (Fsp3) is 0.902. The number of primary amides is 1. The Bertz CT molecular complexity index is 1560. The van der Waals surface area contributed by atoms with Crippen LogP contribution >= 0.6 is 0 Å². The molecule has 0 aliphatic carbocycles. The van der Waals surface area contributed by atoms with Gasteiger partial charge in [0.25, 0.3) is 0 Å². The fourth-order valence-electron chi connectivity index (χ4n) is 7.74. The molecule has 0 spiro atoms. The first kappa shape index (κ1) is 84.4. The number of rotatable bonds is 34. The quantitative estimate of drug-likeness (QED) is 0.0278. The highest BCUT2D eigenvalue weighted by molar-refractivity contribution is 5.82. The first-order valence-corrected chi connectivity index (χ1v) is 29.3. The Morgan fingerprint density at radius 3 is 1.18 bits per heavy atom. The Hall–Kier alpha value is -3.42. The smallest absolute Gasteiger partial charge is 0.407 e. The predicted octanol–water partition coefficient (Wildman–Crippen LogP) is 10.5. The van der Waals surface area contributed by atoms with Gasteiger partial charge >= 0.3 is 18.0 Å². The van der Waals surface area contributed by atoms with Crippen LogP contribution in [0.1, 0.15) is 233 Å². The number of hydrogen-bond donors (Lipinski definition) is 8. The molecule has 18 nitrogen and oxygen atoms in total. The Labute approximate surface area is 483 Å². The SMILES string of the molecule is CC(=O)C(CCCCC(C)(C)C)N(C)C.CC(C)(C)CCCC(N)=O.CC(C)(C)CCCCC(NCCO)C(=O)O.CN(C)C(CCCCC(C)(C)C)C(=O)NCCO.COCCOC(=O)NC(CCCCC(C)(C)C)C(=O)O. The second-order valence-corrected chi connectivity index (χ2v) is 27.4. The number of carboxylic acids is 2.